The van der Waals surface area contributed by atoms with Crippen LogP contribution in [0.4, 0.5) is 0 Å². The molecule has 1 aromatic rings. The van der Waals surface area contributed by atoms with Crippen LogP contribution in [-0.4, -0.2) is 37.3 Å². The lowest BCUT2D eigenvalue weighted by atomic mass is 10.1. The van der Waals surface area contributed by atoms with E-state index in [1.165, 1.54) is 14.0 Å². The number of hydrogen-bond donors (Lipinski definition) is 1. The maximum atomic E-state index is 11.4. The summed E-state index contributed by atoms with van der Waals surface area (Å²) in [5, 5.41) is 9.45. The van der Waals surface area contributed by atoms with Gasteiger partial charge in [-0.05, 0) is 25.1 Å². The third-order valence-corrected chi connectivity index (χ3v) is 2.60. The monoisotopic (exact) mass is 302 g/mol. The van der Waals surface area contributed by atoms with Gasteiger partial charge in [0.05, 0.1) is 12.2 Å². The van der Waals surface area contributed by atoms with Gasteiger partial charge in [0, 0.05) is 11.6 Å². The molecule has 0 fully saturated rings. The molecule has 1 unspecified atom stereocenters. The summed E-state index contributed by atoms with van der Waals surface area (Å²) in [7, 11) is 1.50. The Morgan fingerprint density at radius 2 is 2.18 bits per heavy atom. The van der Waals surface area contributed by atoms with Gasteiger partial charge in [0.25, 0.3) is 0 Å². The molecule has 1 atom stereocenters. The van der Waals surface area contributed by atoms with Gasteiger partial charge in [-0.25, -0.2) is 0 Å². The Morgan fingerprint density at radius 1 is 1.47 bits per heavy atom. The maximum Gasteiger partial charge on any atom is 0.163 e. The second-order valence-electron chi connectivity index (χ2n) is 3.62. The molecule has 5 heteroatoms. The van der Waals surface area contributed by atoms with Gasteiger partial charge >= 0.3 is 0 Å². The SMILES string of the molecule is COCC(O)COc1ccc(Br)cc1C(C)=O. The fraction of sp³-hybridized carbons (Fsp3) is 0.417. The topological polar surface area (TPSA) is 55.8 Å². The minimum Gasteiger partial charge on any atom is -0.490 e. The Labute approximate surface area is 109 Å². The van der Waals surface area contributed by atoms with E-state index in [4.69, 9.17) is 9.47 Å². The second kappa shape index (κ2) is 6.74. The summed E-state index contributed by atoms with van der Waals surface area (Å²) in [5.74, 6) is 0.387. The molecule has 1 rings (SSSR count). The van der Waals surface area contributed by atoms with Gasteiger partial charge in [-0.3, -0.25) is 4.79 Å². The molecule has 0 aliphatic heterocycles. The third kappa shape index (κ3) is 4.46. The normalized spacial score (nSPS) is 12.2. The second-order valence-corrected chi connectivity index (χ2v) is 4.53. The van der Waals surface area contributed by atoms with Gasteiger partial charge in [0.2, 0.25) is 0 Å². The molecular weight excluding hydrogens is 288 g/mol. The number of ether oxygens (including phenoxy) is 2. The summed E-state index contributed by atoms with van der Waals surface area (Å²) in [6.45, 7) is 1.77. The first-order valence-electron chi connectivity index (χ1n) is 5.15. The van der Waals surface area contributed by atoms with Crippen LogP contribution in [-0.2, 0) is 4.74 Å². The van der Waals surface area contributed by atoms with E-state index in [0.717, 1.165) is 4.47 Å². The summed E-state index contributed by atoms with van der Waals surface area (Å²) in [6, 6.07) is 5.17. The lowest BCUT2D eigenvalue weighted by molar-refractivity contribution is 0.0323. The first-order valence-corrected chi connectivity index (χ1v) is 5.94. The average Bonchev–Trinajstić information content (AvgIpc) is 2.27. The molecule has 0 bridgehead atoms. The summed E-state index contributed by atoms with van der Waals surface area (Å²) in [4.78, 5) is 11.4. The number of ketones is 1. The molecule has 1 N–H and O–H groups in total. The highest BCUT2D eigenvalue weighted by atomic mass is 79.9. The summed E-state index contributed by atoms with van der Waals surface area (Å²) in [5.41, 5.74) is 0.490. The Bertz CT molecular complexity index is 392. The van der Waals surface area contributed by atoms with Crippen molar-refractivity contribution < 1.29 is 19.4 Å². The van der Waals surface area contributed by atoms with Crippen molar-refractivity contribution in [2.75, 3.05) is 20.3 Å². The van der Waals surface area contributed by atoms with Crippen LogP contribution in [0.1, 0.15) is 17.3 Å². The predicted molar refractivity (Wildman–Crippen MR) is 67.5 cm³/mol. The van der Waals surface area contributed by atoms with E-state index in [1.807, 2.05) is 0 Å². The molecule has 0 saturated carbocycles. The number of carbonyl (C=O) groups excluding carboxylic acids is 1. The first-order chi connectivity index (χ1) is 8.04. The number of aliphatic hydroxyl groups is 1. The summed E-state index contributed by atoms with van der Waals surface area (Å²) < 4.78 is 11.0. The zero-order valence-corrected chi connectivity index (χ0v) is 11.4. The molecular formula is C12H15BrO4. The number of methoxy groups -OCH3 is 1. The number of benzene rings is 1. The molecule has 0 aromatic heterocycles. The number of carbonyl (C=O) groups is 1. The number of Topliss-reactive ketones (excluding diaryl/α,β-unsaturated/α-hetero) is 1. The van der Waals surface area contributed by atoms with Crippen LogP contribution >= 0.6 is 15.9 Å². The van der Waals surface area contributed by atoms with E-state index in [-0.39, 0.29) is 19.0 Å². The van der Waals surface area contributed by atoms with Crippen LogP contribution < -0.4 is 4.74 Å². The van der Waals surface area contributed by atoms with Crippen LogP contribution in [0, 0.1) is 0 Å². The highest BCUT2D eigenvalue weighted by Crippen LogP contribution is 2.23. The van der Waals surface area contributed by atoms with E-state index in [2.05, 4.69) is 15.9 Å². The minimum atomic E-state index is -0.705. The number of hydrogen-bond acceptors (Lipinski definition) is 4. The molecule has 0 aliphatic rings. The quantitative estimate of drug-likeness (QED) is 0.817. The molecule has 0 aliphatic carbocycles. The molecule has 0 saturated heterocycles. The molecule has 0 amide bonds. The Hall–Kier alpha value is -0.910. The molecule has 94 valence electrons. The van der Waals surface area contributed by atoms with Crippen LogP contribution in [0.25, 0.3) is 0 Å². The number of aliphatic hydroxyl groups excluding tert-OH is 1. The Balaban J connectivity index is 2.73. The van der Waals surface area contributed by atoms with Crippen molar-refractivity contribution in [3.05, 3.63) is 28.2 Å². The van der Waals surface area contributed by atoms with Crippen molar-refractivity contribution in [1.82, 2.24) is 0 Å². The van der Waals surface area contributed by atoms with Gasteiger partial charge in [0.15, 0.2) is 5.78 Å². The summed E-state index contributed by atoms with van der Waals surface area (Å²) in [6.07, 6.45) is -0.705. The lowest BCUT2D eigenvalue weighted by Gasteiger charge is -2.13. The molecule has 1 aromatic carbocycles. The van der Waals surface area contributed by atoms with E-state index in [9.17, 15) is 9.90 Å². The third-order valence-electron chi connectivity index (χ3n) is 2.11. The van der Waals surface area contributed by atoms with Crippen LogP contribution in [0.5, 0.6) is 5.75 Å². The summed E-state index contributed by atoms with van der Waals surface area (Å²) >= 11 is 3.29. The van der Waals surface area contributed by atoms with Gasteiger partial charge in [0.1, 0.15) is 18.5 Å². The molecule has 0 radical (unpaired) electrons. The van der Waals surface area contributed by atoms with Crippen molar-refractivity contribution >= 4 is 21.7 Å². The van der Waals surface area contributed by atoms with Crippen molar-refractivity contribution in [1.29, 1.82) is 0 Å². The predicted octanol–water partition coefficient (Wildman–Crippen LogP) is 2.04. The first kappa shape index (κ1) is 14.2. The highest BCUT2D eigenvalue weighted by molar-refractivity contribution is 9.10. The fourth-order valence-corrected chi connectivity index (χ4v) is 1.69. The lowest BCUT2D eigenvalue weighted by Crippen LogP contribution is -2.23. The molecule has 4 nitrogen and oxygen atoms in total. The van der Waals surface area contributed by atoms with Crippen molar-refractivity contribution in [3.63, 3.8) is 0 Å². The van der Waals surface area contributed by atoms with Gasteiger partial charge in [-0.2, -0.15) is 0 Å². The van der Waals surface area contributed by atoms with E-state index < -0.39 is 6.10 Å². The van der Waals surface area contributed by atoms with Crippen LogP contribution in [0.3, 0.4) is 0 Å². The van der Waals surface area contributed by atoms with Gasteiger partial charge < -0.3 is 14.6 Å². The smallest absolute Gasteiger partial charge is 0.163 e. The fourth-order valence-electron chi connectivity index (χ4n) is 1.33. The minimum absolute atomic E-state index is 0.0810. The Morgan fingerprint density at radius 3 is 2.76 bits per heavy atom. The molecule has 0 spiro atoms. The van der Waals surface area contributed by atoms with Crippen molar-refractivity contribution in [2.45, 2.75) is 13.0 Å². The van der Waals surface area contributed by atoms with Crippen molar-refractivity contribution in [3.8, 4) is 5.75 Å². The van der Waals surface area contributed by atoms with Crippen molar-refractivity contribution in [2.24, 2.45) is 0 Å². The van der Waals surface area contributed by atoms with Gasteiger partial charge in [-0.1, -0.05) is 15.9 Å². The van der Waals surface area contributed by atoms with E-state index >= 15 is 0 Å². The van der Waals surface area contributed by atoms with Crippen LogP contribution in [0.15, 0.2) is 22.7 Å². The standard InChI is InChI=1S/C12H15BrO4/c1-8(14)11-5-9(13)3-4-12(11)17-7-10(15)6-16-2/h3-5,10,15H,6-7H2,1-2H3. The zero-order chi connectivity index (χ0) is 12.8. The zero-order valence-electron chi connectivity index (χ0n) is 9.77. The largest absolute Gasteiger partial charge is 0.490 e. The van der Waals surface area contributed by atoms with E-state index in [0.29, 0.717) is 11.3 Å². The number of rotatable bonds is 6. The molecule has 0 heterocycles. The van der Waals surface area contributed by atoms with Crippen LogP contribution in [0.2, 0.25) is 0 Å². The number of halogens is 1. The van der Waals surface area contributed by atoms with E-state index in [1.54, 1.807) is 18.2 Å². The maximum absolute atomic E-state index is 11.4. The highest BCUT2D eigenvalue weighted by Gasteiger charge is 2.11. The van der Waals surface area contributed by atoms with Gasteiger partial charge in [-0.15, -0.1) is 0 Å². The molecule has 17 heavy (non-hydrogen) atoms. The average molecular weight is 303 g/mol. The Kier molecular flexibility index (Phi) is 5.61.